The summed E-state index contributed by atoms with van der Waals surface area (Å²) in [6.45, 7) is 0. The molecule has 0 aromatic heterocycles. The highest BCUT2D eigenvalue weighted by molar-refractivity contribution is 9.10. The molecule has 1 heteroatoms. The number of fused-ring (bicyclic) bond motifs is 1. The van der Waals surface area contributed by atoms with Crippen LogP contribution in [0.5, 0.6) is 0 Å². The lowest BCUT2D eigenvalue weighted by Gasteiger charge is -2.25. The quantitative estimate of drug-likeness (QED) is 0.698. The smallest absolute Gasteiger partial charge is 0.0178 e. The minimum atomic E-state index is 0.895. The van der Waals surface area contributed by atoms with Crippen molar-refractivity contribution in [3.05, 3.63) is 33.8 Å². The number of halogens is 1. The van der Waals surface area contributed by atoms with E-state index in [1.807, 2.05) is 0 Å². The van der Waals surface area contributed by atoms with Gasteiger partial charge in [0.25, 0.3) is 0 Å². The van der Waals surface area contributed by atoms with Crippen molar-refractivity contribution >= 4 is 15.9 Å². The zero-order valence-corrected chi connectivity index (χ0v) is 9.89. The van der Waals surface area contributed by atoms with E-state index in [2.05, 4.69) is 34.1 Å². The molecule has 1 aromatic rings. The van der Waals surface area contributed by atoms with E-state index < -0.39 is 0 Å². The molecule has 0 radical (unpaired) electrons. The number of aryl methyl sites for hydroxylation is 1. The predicted octanol–water partition coefficient (Wildman–Crippen LogP) is 4.28. The van der Waals surface area contributed by atoms with Crippen LogP contribution >= 0.6 is 15.9 Å². The molecule has 0 N–H and O–H groups in total. The third-order valence-electron chi connectivity index (χ3n) is 3.66. The standard InChI is InChI=1S/C13H15Br/c14-11-6-7-13-10(8-11)2-1-3-12(13)9-4-5-9/h6-9,12H,1-5H2. The van der Waals surface area contributed by atoms with Crippen LogP contribution in [0.25, 0.3) is 0 Å². The first-order valence-corrected chi connectivity index (χ1v) is 6.42. The topological polar surface area (TPSA) is 0 Å². The van der Waals surface area contributed by atoms with Gasteiger partial charge in [0, 0.05) is 4.47 Å². The summed E-state index contributed by atoms with van der Waals surface area (Å²) in [5.41, 5.74) is 3.25. The minimum Gasteiger partial charge on any atom is -0.0574 e. The molecule has 1 unspecified atom stereocenters. The third kappa shape index (κ3) is 1.52. The van der Waals surface area contributed by atoms with Gasteiger partial charge >= 0.3 is 0 Å². The Balaban J connectivity index is 2.01. The molecule has 0 nitrogen and oxygen atoms in total. The van der Waals surface area contributed by atoms with Crippen LogP contribution in [0.3, 0.4) is 0 Å². The molecule has 2 aliphatic rings. The van der Waals surface area contributed by atoms with Gasteiger partial charge in [-0.1, -0.05) is 22.0 Å². The first kappa shape index (κ1) is 8.96. The normalized spacial score (nSPS) is 25.9. The lowest BCUT2D eigenvalue weighted by atomic mass is 9.80. The molecule has 3 rings (SSSR count). The Morgan fingerprint density at radius 1 is 1.14 bits per heavy atom. The van der Waals surface area contributed by atoms with Crippen molar-refractivity contribution in [2.24, 2.45) is 5.92 Å². The molecule has 1 fully saturated rings. The Morgan fingerprint density at radius 3 is 2.79 bits per heavy atom. The maximum atomic E-state index is 3.56. The summed E-state index contributed by atoms with van der Waals surface area (Å²) in [6.07, 6.45) is 7.06. The van der Waals surface area contributed by atoms with Crippen molar-refractivity contribution in [1.82, 2.24) is 0 Å². The molecule has 0 amide bonds. The summed E-state index contributed by atoms with van der Waals surface area (Å²) >= 11 is 3.56. The fourth-order valence-corrected chi connectivity index (χ4v) is 3.22. The van der Waals surface area contributed by atoms with Gasteiger partial charge in [0.15, 0.2) is 0 Å². The number of benzene rings is 1. The summed E-state index contributed by atoms with van der Waals surface area (Å²) < 4.78 is 1.24. The van der Waals surface area contributed by atoms with E-state index in [-0.39, 0.29) is 0 Å². The Bertz CT molecular complexity index is 352. The zero-order chi connectivity index (χ0) is 9.54. The molecule has 0 spiro atoms. The van der Waals surface area contributed by atoms with E-state index in [1.54, 1.807) is 11.1 Å². The molecular weight excluding hydrogens is 236 g/mol. The molecule has 74 valence electrons. The molecule has 0 heterocycles. The van der Waals surface area contributed by atoms with E-state index in [9.17, 15) is 0 Å². The highest BCUT2D eigenvalue weighted by Gasteiger charge is 2.34. The first-order valence-electron chi connectivity index (χ1n) is 5.63. The van der Waals surface area contributed by atoms with Crippen LogP contribution in [0.15, 0.2) is 22.7 Å². The van der Waals surface area contributed by atoms with Crippen molar-refractivity contribution in [3.8, 4) is 0 Å². The largest absolute Gasteiger partial charge is 0.0574 e. The fraction of sp³-hybridized carbons (Fsp3) is 0.538. The van der Waals surface area contributed by atoms with Crippen LogP contribution < -0.4 is 0 Å². The molecule has 2 aliphatic carbocycles. The Morgan fingerprint density at radius 2 is 2.00 bits per heavy atom. The maximum Gasteiger partial charge on any atom is 0.0178 e. The van der Waals surface area contributed by atoms with E-state index in [4.69, 9.17) is 0 Å². The van der Waals surface area contributed by atoms with Crippen molar-refractivity contribution < 1.29 is 0 Å². The minimum absolute atomic E-state index is 0.895. The highest BCUT2D eigenvalue weighted by atomic mass is 79.9. The molecule has 1 saturated carbocycles. The molecule has 0 aliphatic heterocycles. The van der Waals surface area contributed by atoms with E-state index in [0.29, 0.717) is 0 Å². The first-order chi connectivity index (χ1) is 6.84. The van der Waals surface area contributed by atoms with Gasteiger partial charge in [-0.2, -0.15) is 0 Å². The van der Waals surface area contributed by atoms with Crippen molar-refractivity contribution in [2.75, 3.05) is 0 Å². The Kier molecular flexibility index (Phi) is 2.16. The molecule has 14 heavy (non-hydrogen) atoms. The summed E-state index contributed by atoms with van der Waals surface area (Å²) in [5.74, 6) is 1.92. The maximum absolute atomic E-state index is 3.56. The van der Waals surface area contributed by atoms with Crippen LogP contribution in [-0.2, 0) is 6.42 Å². The van der Waals surface area contributed by atoms with Gasteiger partial charge in [-0.25, -0.2) is 0 Å². The summed E-state index contributed by atoms with van der Waals surface area (Å²) in [4.78, 5) is 0. The molecule has 1 atom stereocenters. The van der Waals surface area contributed by atoms with Gasteiger partial charge in [-0.15, -0.1) is 0 Å². The van der Waals surface area contributed by atoms with E-state index in [0.717, 1.165) is 11.8 Å². The fourth-order valence-electron chi connectivity index (χ4n) is 2.81. The summed E-state index contributed by atoms with van der Waals surface area (Å²) in [5, 5.41) is 0. The van der Waals surface area contributed by atoms with Gasteiger partial charge in [0.05, 0.1) is 0 Å². The zero-order valence-electron chi connectivity index (χ0n) is 8.30. The third-order valence-corrected chi connectivity index (χ3v) is 4.15. The molecule has 0 bridgehead atoms. The van der Waals surface area contributed by atoms with Gasteiger partial charge in [-0.3, -0.25) is 0 Å². The number of hydrogen-bond acceptors (Lipinski definition) is 0. The number of rotatable bonds is 1. The number of hydrogen-bond donors (Lipinski definition) is 0. The van der Waals surface area contributed by atoms with Gasteiger partial charge in [0.1, 0.15) is 0 Å². The lowest BCUT2D eigenvalue weighted by molar-refractivity contribution is 0.503. The van der Waals surface area contributed by atoms with Gasteiger partial charge < -0.3 is 0 Å². The summed E-state index contributed by atoms with van der Waals surface area (Å²) in [7, 11) is 0. The van der Waals surface area contributed by atoms with E-state index >= 15 is 0 Å². The second kappa shape index (κ2) is 3.37. The molecule has 1 aromatic carbocycles. The van der Waals surface area contributed by atoms with Crippen LogP contribution in [0.4, 0.5) is 0 Å². The predicted molar refractivity (Wildman–Crippen MR) is 62.5 cm³/mol. The van der Waals surface area contributed by atoms with Crippen molar-refractivity contribution in [2.45, 2.75) is 38.0 Å². The van der Waals surface area contributed by atoms with Crippen LogP contribution in [0.2, 0.25) is 0 Å². The average Bonchev–Trinajstić information content (AvgIpc) is 2.99. The average molecular weight is 251 g/mol. The van der Waals surface area contributed by atoms with Crippen LogP contribution in [-0.4, -0.2) is 0 Å². The monoisotopic (exact) mass is 250 g/mol. The van der Waals surface area contributed by atoms with Gasteiger partial charge in [-0.05, 0) is 67.2 Å². The molecular formula is C13H15Br. The summed E-state index contributed by atoms with van der Waals surface area (Å²) in [6, 6.07) is 6.88. The second-order valence-corrected chi connectivity index (χ2v) is 5.59. The Labute approximate surface area is 93.8 Å². The molecule has 0 saturated heterocycles. The second-order valence-electron chi connectivity index (χ2n) is 4.68. The van der Waals surface area contributed by atoms with Gasteiger partial charge in [0.2, 0.25) is 0 Å². The van der Waals surface area contributed by atoms with Crippen molar-refractivity contribution in [3.63, 3.8) is 0 Å². The van der Waals surface area contributed by atoms with Crippen molar-refractivity contribution in [1.29, 1.82) is 0 Å². The van der Waals surface area contributed by atoms with E-state index in [1.165, 1.54) is 36.6 Å². The SMILES string of the molecule is Brc1ccc2c(c1)CCCC2C1CC1. The van der Waals surface area contributed by atoms with Crippen LogP contribution in [0, 0.1) is 5.92 Å². The lowest BCUT2D eigenvalue weighted by Crippen LogP contribution is -2.11. The van der Waals surface area contributed by atoms with Crippen LogP contribution in [0.1, 0.15) is 42.7 Å². The highest BCUT2D eigenvalue weighted by Crippen LogP contribution is 2.48. The Hall–Kier alpha value is -0.300.